The van der Waals surface area contributed by atoms with Crippen LogP contribution >= 0.6 is 22.9 Å². The summed E-state index contributed by atoms with van der Waals surface area (Å²) >= 11 is 7.37. The van der Waals surface area contributed by atoms with E-state index < -0.39 is 0 Å². The molecule has 1 saturated heterocycles. The van der Waals surface area contributed by atoms with Crippen LogP contribution in [0.25, 0.3) is 0 Å². The number of H-pyrrole nitrogens is 1. The number of carbonyl (C=O) groups excluding carboxylic acids is 1. The Morgan fingerprint density at radius 2 is 2.09 bits per heavy atom. The Kier molecular flexibility index (Phi) is 5.02. The van der Waals surface area contributed by atoms with Crippen LogP contribution in [0.4, 0.5) is 22.6 Å². The minimum Gasteiger partial charge on any atom is -0.329 e. The Hall–Kier alpha value is -2.65. The van der Waals surface area contributed by atoms with Gasteiger partial charge in [0, 0.05) is 29.8 Å². The summed E-state index contributed by atoms with van der Waals surface area (Å²) in [7, 11) is 0. The van der Waals surface area contributed by atoms with Crippen molar-refractivity contribution in [2.75, 3.05) is 22.1 Å². The molecule has 2 aliphatic carbocycles. The third-order valence-electron chi connectivity index (χ3n) is 6.41. The molecule has 0 aromatic carbocycles. The zero-order valence-electron chi connectivity index (χ0n) is 17.5. The average Bonchev–Trinajstić information content (AvgIpc) is 3.20. The molecule has 2 fully saturated rings. The molecule has 0 bridgehead atoms. The Morgan fingerprint density at radius 1 is 1.19 bits per heavy atom. The molecule has 6 rings (SSSR count). The van der Waals surface area contributed by atoms with E-state index >= 15 is 0 Å². The van der Waals surface area contributed by atoms with E-state index in [0.717, 1.165) is 66.5 Å². The number of hydrogen-bond donors (Lipinski definition) is 3. The van der Waals surface area contributed by atoms with E-state index in [2.05, 4.69) is 26.9 Å². The fourth-order valence-corrected chi connectivity index (χ4v) is 5.59. The first-order chi connectivity index (χ1) is 15.6. The minimum absolute atomic E-state index is 0.0407. The molecule has 1 amide bonds. The van der Waals surface area contributed by atoms with E-state index in [1.807, 2.05) is 11.0 Å². The number of nitrogens with one attached hydrogen (secondary N) is 3. The van der Waals surface area contributed by atoms with E-state index in [9.17, 15) is 4.79 Å². The lowest BCUT2D eigenvalue weighted by atomic mass is 10.2. The first-order valence-electron chi connectivity index (χ1n) is 11.2. The quantitative estimate of drug-likeness (QED) is 0.486. The van der Waals surface area contributed by atoms with Gasteiger partial charge in [0.25, 0.3) is 0 Å². The summed E-state index contributed by atoms with van der Waals surface area (Å²) in [4.78, 5) is 24.8. The fourth-order valence-electron chi connectivity index (χ4n) is 4.64. The zero-order valence-corrected chi connectivity index (χ0v) is 19.1. The van der Waals surface area contributed by atoms with Crippen LogP contribution in [0.3, 0.4) is 0 Å². The lowest BCUT2D eigenvalue weighted by Crippen LogP contribution is -2.40. The van der Waals surface area contributed by atoms with E-state index in [4.69, 9.17) is 21.6 Å². The van der Waals surface area contributed by atoms with Crippen molar-refractivity contribution >= 4 is 51.4 Å². The van der Waals surface area contributed by atoms with Crippen molar-refractivity contribution in [2.24, 2.45) is 0 Å². The van der Waals surface area contributed by atoms with Crippen molar-refractivity contribution in [3.05, 3.63) is 39.5 Å². The summed E-state index contributed by atoms with van der Waals surface area (Å²) < 4.78 is 0.657. The van der Waals surface area contributed by atoms with Gasteiger partial charge in [0.05, 0.1) is 15.0 Å². The van der Waals surface area contributed by atoms with Crippen molar-refractivity contribution in [3.8, 4) is 0 Å². The van der Waals surface area contributed by atoms with E-state index in [1.54, 1.807) is 6.07 Å². The molecule has 1 saturated carbocycles. The monoisotopic (exact) mass is 469 g/mol. The third kappa shape index (κ3) is 3.84. The second-order valence-corrected chi connectivity index (χ2v) is 10.4. The number of aromatic nitrogens is 4. The Bertz CT molecular complexity index is 1170. The topological polar surface area (TPSA) is 98.8 Å². The van der Waals surface area contributed by atoms with Crippen LogP contribution in [0.5, 0.6) is 0 Å². The largest absolute Gasteiger partial charge is 0.329 e. The molecular weight excluding hydrogens is 446 g/mol. The highest BCUT2D eigenvalue weighted by Gasteiger charge is 2.34. The highest BCUT2D eigenvalue weighted by atomic mass is 35.5. The van der Waals surface area contributed by atoms with Crippen molar-refractivity contribution in [3.63, 3.8) is 0 Å². The van der Waals surface area contributed by atoms with Gasteiger partial charge < -0.3 is 15.5 Å². The summed E-state index contributed by atoms with van der Waals surface area (Å²) in [5.41, 5.74) is 3.42. The number of thiophene rings is 1. The lowest BCUT2D eigenvalue weighted by Gasteiger charge is -2.25. The van der Waals surface area contributed by atoms with Crippen LogP contribution in [0, 0.1) is 0 Å². The van der Waals surface area contributed by atoms with E-state index in [-0.39, 0.29) is 11.9 Å². The predicted octanol–water partition coefficient (Wildman–Crippen LogP) is 4.63. The zero-order chi connectivity index (χ0) is 21.7. The Balaban J connectivity index is 1.26. The number of aryl methyl sites for hydroxylation is 1. The van der Waals surface area contributed by atoms with Gasteiger partial charge in [0.2, 0.25) is 11.9 Å². The highest BCUT2D eigenvalue weighted by molar-refractivity contribution is 7.20. The van der Waals surface area contributed by atoms with Crippen LogP contribution in [0.1, 0.15) is 55.0 Å². The Labute approximate surface area is 194 Å². The van der Waals surface area contributed by atoms with Gasteiger partial charge >= 0.3 is 0 Å². The minimum atomic E-state index is -0.296. The van der Waals surface area contributed by atoms with Crippen LogP contribution in [0.2, 0.25) is 4.34 Å². The van der Waals surface area contributed by atoms with Crippen LogP contribution in [-0.2, 0) is 17.6 Å². The second-order valence-electron chi connectivity index (χ2n) is 8.70. The van der Waals surface area contributed by atoms with Gasteiger partial charge in [-0.05, 0) is 57.1 Å². The number of rotatable bonds is 6. The molecular formula is C22H24ClN7OS. The SMILES string of the molecule is O=C(Nc1ccc(Cl)s1)C1CCCN1c1nc2c(c(Nc3cc(C4CC4)[nH]n3)n1)CCC2. The summed E-state index contributed by atoms with van der Waals surface area (Å²) in [6.45, 7) is 0.760. The number of aromatic amines is 1. The molecule has 32 heavy (non-hydrogen) atoms. The highest BCUT2D eigenvalue weighted by Crippen LogP contribution is 2.40. The van der Waals surface area contributed by atoms with Crippen LogP contribution in [0.15, 0.2) is 18.2 Å². The molecule has 3 aromatic heterocycles. The molecule has 0 radical (unpaired) electrons. The molecule has 3 aromatic rings. The van der Waals surface area contributed by atoms with Gasteiger partial charge in [-0.15, -0.1) is 11.3 Å². The van der Waals surface area contributed by atoms with Crippen LogP contribution in [-0.4, -0.2) is 38.7 Å². The molecule has 1 unspecified atom stereocenters. The maximum atomic E-state index is 13.0. The molecule has 10 heteroatoms. The third-order valence-corrected chi connectivity index (χ3v) is 7.56. The summed E-state index contributed by atoms with van der Waals surface area (Å²) in [5, 5.41) is 14.8. The van der Waals surface area contributed by atoms with Crippen molar-refractivity contribution in [1.29, 1.82) is 0 Å². The molecule has 8 nitrogen and oxygen atoms in total. The molecule has 3 N–H and O–H groups in total. The maximum absolute atomic E-state index is 13.0. The van der Waals surface area contributed by atoms with Gasteiger partial charge in [-0.1, -0.05) is 11.6 Å². The number of halogens is 1. The standard InChI is InChI=1S/C22H24ClN7OS/c23-17-8-9-19(32-17)26-21(31)16-5-2-10-30(16)22-24-14-4-1-3-13(14)20(27-22)25-18-11-15(28-29-18)12-6-7-12/h8-9,11-12,16H,1-7,10H2,(H,26,31)(H2,24,25,27,28,29). The van der Waals surface area contributed by atoms with Gasteiger partial charge in [-0.3, -0.25) is 9.89 Å². The molecule has 4 heterocycles. The smallest absolute Gasteiger partial charge is 0.247 e. The van der Waals surface area contributed by atoms with E-state index in [1.165, 1.54) is 29.9 Å². The summed E-state index contributed by atoms with van der Waals surface area (Å²) in [6, 6.07) is 5.41. The van der Waals surface area contributed by atoms with Gasteiger partial charge in [0.15, 0.2) is 5.82 Å². The summed E-state index contributed by atoms with van der Waals surface area (Å²) in [5.74, 6) is 2.80. The molecule has 1 aliphatic heterocycles. The molecule has 3 aliphatic rings. The second kappa shape index (κ2) is 8.04. The first-order valence-corrected chi connectivity index (χ1v) is 12.4. The number of fused-ring (bicyclic) bond motifs is 1. The van der Waals surface area contributed by atoms with Gasteiger partial charge in [0.1, 0.15) is 11.9 Å². The lowest BCUT2D eigenvalue weighted by molar-refractivity contribution is -0.117. The van der Waals surface area contributed by atoms with Gasteiger partial charge in [-0.2, -0.15) is 10.1 Å². The average molecular weight is 470 g/mol. The maximum Gasteiger partial charge on any atom is 0.247 e. The first kappa shape index (κ1) is 20.0. The molecule has 1 atom stereocenters. The normalized spacial score (nSPS) is 19.9. The van der Waals surface area contributed by atoms with Crippen molar-refractivity contribution in [2.45, 2.75) is 56.9 Å². The van der Waals surface area contributed by atoms with Crippen molar-refractivity contribution in [1.82, 2.24) is 20.2 Å². The van der Waals surface area contributed by atoms with Crippen LogP contribution < -0.4 is 15.5 Å². The number of anilines is 4. The number of hydrogen-bond acceptors (Lipinski definition) is 7. The van der Waals surface area contributed by atoms with Gasteiger partial charge in [-0.25, -0.2) is 4.98 Å². The summed E-state index contributed by atoms with van der Waals surface area (Å²) in [6.07, 6.45) is 7.12. The van der Waals surface area contributed by atoms with E-state index in [0.29, 0.717) is 16.2 Å². The molecule has 0 spiro atoms. The Morgan fingerprint density at radius 3 is 2.91 bits per heavy atom. The number of nitrogens with zero attached hydrogens (tertiary/aromatic N) is 4. The molecule has 166 valence electrons. The van der Waals surface area contributed by atoms with Crippen molar-refractivity contribution < 1.29 is 4.79 Å². The predicted molar refractivity (Wildman–Crippen MR) is 126 cm³/mol. The number of amides is 1. The fraction of sp³-hybridized carbons (Fsp3) is 0.455. The number of carbonyl (C=O) groups is 1.